The Bertz CT molecular complexity index is 1130. The summed E-state index contributed by atoms with van der Waals surface area (Å²) in [5.41, 5.74) is 5.35. The molecule has 2 aromatic carbocycles. The van der Waals surface area contributed by atoms with Gasteiger partial charge in [0.2, 0.25) is 0 Å². The maximum absolute atomic E-state index is 13.4. The highest BCUT2D eigenvalue weighted by atomic mass is 19.1. The van der Waals surface area contributed by atoms with Gasteiger partial charge in [-0.3, -0.25) is 9.59 Å². The van der Waals surface area contributed by atoms with Crippen molar-refractivity contribution in [2.75, 3.05) is 5.32 Å². The van der Waals surface area contributed by atoms with Crippen LogP contribution < -0.4 is 10.6 Å². The topological polar surface area (TPSA) is 58.2 Å². The van der Waals surface area contributed by atoms with Crippen LogP contribution in [0.5, 0.6) is 0 Å². The summed E-state index contributed by atoms with van der Waals surface area (Å²) in [6.45, 7) is 8.16. The lowest BCUT2D eigenvalue weighted by Crippen LogP contribution is -2.39. The molecule has 0 fully saturated rings. The van der Waals surface area contributed by atoms with E-state index in [-0.39, 0.29) is 22.9 Å². The molecule has 1 aliphatic carbocycles. The predicted octanol–water partition coefficient (Wildman–Crippen LogP) is 5.63. The standard InChI is InChI=1S/C27H29FN2O2/c1-5-17-6-8-18(9-7-17)24-23(26(32)30-20-12-10-19(28)11-13-20)16(2)29-21-14-27(3,4)15-22(31)25(21)24/h6-13,24,29H,5,14-15H2,1-4H3,(H,30,32)/t24-/m1/s1. The van der Waals surface area contributed by atoms with E-state index in [0.717, 1.165) is 29.8 Å². The fraction of sp³-hybridized carbons (Fsp3) is 0.333. The number of anilines is 1. The highest BCUT2D eigenvalue weighted by Gasteiger charge is 2.42. The number of amides is 1. The van der Waals surface area contributed by atoms with Gasteiger partial charge in [0.25, 0.3) is 5.91 Å². The summed E-state index contributed by atoms with van der Waals surface area (Å²) in [6, 6.07) is 13.8. The number of hydrogen-bond donors (Lipinski definition) is 2. The Morgan fingerprint density at radius 3 is 2.38 bits per heavy atom. The Balaban J connectivity index is 1.79. The number of carbonyl (C=O) groups excluding carboxylic acids is 2. The highest BCUT2D eigenvalue weighted by Crippen LogP contribution is 2.46. The maximum atomic E-state index is 13.4. The fourth-order valence-corrected chi connectivity index (χ4v) is 4.75. The highest BCUT2D eigenvalue weighted by molar-refractivity contribution is 6.09. The Morgan fingerprint density at radius 1 is 1.09 bits per heavy atom. The van der Waals surface area contributed by atoms with Gasteiger partial charge in [-0.15, -0.1) is 0 Å². The van der Waals surface area contributed by atoms with Gasteiger partial charge in [0.15, 0.2) is 5.78 Å². The minimum absolute atomic E-state index is 0.0768. The first kappa shape index (κ1) is 22.0. The molecular weight excluding hydrogens is 403 g/mol. The first-order chi connectivity index (χ1) is 15.2. The molecule has 4 rings (SSSR count). The zero-order valence-electron chi connectivity index (χ0n) is 19.0. The molecule has 1 atom stereocenters. The molecule has 0 radical (unpaired) electrons. The summed E-state index contributed by atoms with van der Waals surface area (Å²) in [5.74, 6) is -1.03. The van der Waals surface area contributed by atoms with E-state index in [2.05, 4.69) is 43.5 Å². The Kier molecular flexibility index (Phi) is 5.76. The summed E-state index contributed by atoms with van der Waals surface area (Å²) >= 11 is 0. The van der Waals surface area contributed by atoms with Crippen molar-refractivity contribution in [3.63, 3.8) is 0 Å². The number of benzene rings is 2. The van der Waals surface area contributed by atoms with Crippen LogP contribution in [0, 0.1) is 11.2 Å². The number of aryl methyl sites for hydroxylation is 1. The molecule has 0 bridgehead atoms. The van der Waals surface area contributed by atoms with Crippen LogP contribution in [-0.2, 0) is 16.0 Å². The maximum Gasteiger partial charge on any atom is 0.254 e. The van der Waals surface area contributed by atoms with E-state index in [0.29, 0.717) is 23.3 Å². The van der Waals surface area contributed by atoms with Crippen molar-refractivity contribution in [1.29, 1.82) is 0 Å². The molecule has 1 amide bonds. The number of allylic oxidation sites excluding steroid dienone is 3. The van der Waals surface area contributed by atoms with Crippen LogP contribution in [0.15, 0.2) is 71.1 Å². The Labute approximate surface area is 188 Å². The summed E-state index contributed by atoms with van der Waals surface area (Å²) in [7, 11) is 0. The van der Waals surface area contributed by atoms with Crippen molar-refractivity contribution in [3.8, 4) is 0 Å². The van der Waals surface area contributed by atoms with E-state index in [4.69, 9.17) is 0 Å². The van der Waals surface area contributed by atoms with Crippen molar-refractivity contribution in [3.05, 3.63) is 88.0 Å². The lowest BCUT2D eigenvalue weighted by molar-refractivity contribution is -0.118. The summed E-state index contributed by atoms with van der Waals surface area (Å²) < 4.78 is 13.3. The molecule has 166 valence electrons. The zero-order chi connectivity index (χ0) is 23.0. The number of nitrogens with one attached hydrogen (secondary N) is 2. The second-order valence-corrected chi connectivity index (χ2v) is 9.49. The fourth-order valence-electron chi connectivity index (χ4n) is 4.75. The predicted molar refractivity (Wildman–Crippen MR) is 124 cm³/mol. The van der Waals surface area contributed by atoms with Crippen LogP contribution in [-0.4, -0.2) is 11.7 Å². The van der Waals surface area contributed by atoms with Crippen LogP contribution in [0.3, 0.4) is 0 Å². The minimum atomic E-state index is -0.443. The Hall–Kier alpha value is -3.21. The quantitative estimate of drug-likeness (QED) is 0.658. The number of ketones is 1. The van der Waals surface area contributed by atoms with Gasteiger partial charge in [0.05, 0.1) is 0 Å². The first-order valence-electron chi connectivity index (χ1n) is 11.1. The zero-order valence-corrected chi connectivity index (χ0v) is 19.0. The molecular formula is C27H29FN2O2. The Morgan fingerprint density at radius 2 is 1.75 bits per heavy atom. The van der Waals surface area contributed by atoms with Crippen LogP contribution in [0.4, 0.5) is 10.1 Å². The van der Waals surface area contributed by atoms with Gasteiger partial charge in [0.1, 0.15) is 5.82 Å². The van der Waals surface area contributed by atoms with Gasteiger partial charge in [-0.25, -0.2) is 4.39 Å². The molecule has 5 heteroatoms. The lowest BCUT2D eigenvalue weighted by atomic mass is 9.68. The summed E-state index contributed by atoms with van der Waals surface area (Å²) in [5, 5.41) is 6.25. The molecule has 1 heterocycles. The molecule has 1 aliphatic heterocycles. The van der Waals surface area contributed by atoms with Gasteiger partial charge >= 0.3 is 0 Å². The van der Waals surface area contributed by atoms with E-state index in [1.807, 2.05) is 19.1 Å². The smallest absolute Gasteiger partial charge is 0.254 e. The molecule has 32 heavy (non-hydrogen) atoms. The van der Waals surface area contributed by atoms with Gasteiger partial charge < -0.3 is 10.6 Å². The second-order valence-electron chi connectivity index (χ2n) is 9.49. The van der Waals surface area contributed by atoms with Gasteiger partial charge in [-0.2, -0.15) is 0 Å². The molecule has 0 saturated carbocycles. The second kappa shape index (κ2) is 8.38. The van der Waals surface area contributed by atoms with E-state index in [1.165, 1.54) is 29.8 Å². The van der Waals surface area contributed by atoms with Crippen molar-refractivity contribution < 1.29 is 14.0 Å². The number of halogens is 1. The van der Waals surface area contributed by atoms with E-state index in [1.54, 1.807) is 0 Å². The minimum Gasteiger partial charge on any atom is -0.362 e. The van der Waals surface area contributed by atoms with E-state index in [9.17, 15) is 14.0 Å². The number of rotatable bonds is 4. The van der Waals surface area contributed by atoms with Crippen molar-refractivity contribution in [2.24, 2.45) is 5.41 Å². The molecule has 0 spiro atoms. The van der Waals surface area contributed by atoms with E-state index < -0.39 is 5.92 Å². The van der Waals surface area contributed by atoms with Gasteiger partial charge in [-0.05, 0) is 60.6 Å². The molecule has 0 aromatic heterocycles. The third-order valence-electron chi connectivity index (χ3n) is 6.31. The first-order valence-corrected chi connectivity index (χ1v) is 11.1. The average Bonchev–Trinajstić information content (AvgIpc) is 2.73. The largest absolute Gasteiger partial charge is 0.362 e. The molecule has 4 nitrogen and oxygen atoms in total. The summed E-state index contributed by atoms with van der Waals surface area (Å²) in [6.07, 6.45) is 2.12. The number of dihydropyridines is 1. The van der Waals surface area contributed by atoms with Crippen LogP contribution in [0.1, 0.15) is 57.6 Å². The average molecular weight is 433 g/mol. The van der Waals surface area contributed by atoms with Gasteiger partial charge in [0, 0.05) is 40.6 Å². The third kappa shape index (κ3) is 4.24. The van der Waals surface area contributed by atoms with Crippen LogP contribution in [0.2, 0.25) is 0 Å². The monoisotopic (exact) mass is 432 g/mol. The number of carbonyl (C=O) groups is 2. The van der Waals surface area contributed by atoms with Crippen molar-refractivity contribution >= 4 is 17.4 Å². The van der Waals surface area contributed by atoms with Crippen molar-refractivity contribution in [1.82, 2.24) is 5.32 Å². The van der Waals surface area contributed by atoms with Crippen molar-refractivity contribution in [2.45, 2.75) is 52.9 Å². The van der Waals surface area contributed by atoms with Crippen LogP contribution >= 0.6 is 0 Å². The number of Topliss-reactive ketones (excluding diaryl/α,β-unsaturated/α-hetero) is 1. The molecule has 2 aliphatic rings. The van der Waals surface area contributed by atoms with Gasteiger partial charge in [-0.1, -0.05) is 45.0 Å². The lowest BCUT2D eigenvalue weighted by Gasteiger charge is -2.39. The molecule has 2 N–H and O–H groups in total. The summed E-state index contributed by atoms with van der Waals surface area (Å²) in [4.78, 5) is 26.8. The van der Waals surface area contributed by atoms with E-state index >= 15 is 0 Å². The number of hydrogen-bond acceptors (Lipinski definition) is 3. The van der Waals surface area contributed by atoms with Crippen LogP contribution in [0.25, 0.3) is 0 Å². The molecule has 0 saturated heterocycles. The molecule has 0 unspecified atom stereocenters. The third-order valence-corrected chi connectivity index (χ3v) is 6.31. The normalized spacial score (nSPS) is 20.0. The molecule has 2 aromatic rings. The SMILES string of the molecule is CCc1ccc([C@@H]2C(C(=O)Nc3ccc(F)cc3)=C(C)NC3=C2C(=O)CC(C)(C)C3)cc1.